The Bertz CT molecular complexity index is 2450. The highest BCUT2D eigenvalue weighted by Crippen LogP contribution is 2.32. The Morgan fingerprint density at radius 1 is 0.831 bits per heavy atom. The molecule has 0 saturated heterocycles. The second-order valence-corrected chi connectivity index (χ2v) is 16.9. The minimum absolute atomic E-state index is 0.0112. The highest BCUT2D eigenvalue weighted by atomic mass is 35.5. The van der Waals surface area contributed by atoms with Crippen molar-refractivity contribution >= 4 is 72.8 Å². The van der Waals surface area contributed by atoms with Crippen molar-refractivity contribution in [2.75, 3.05) is 42.7 Å². The van der Waals surface area contributed by atoms with Crippen molar-refractivity contribution in [3.8, 4) is 0 Å². The fourth-order valence-electron chi connectivity index (χ4n) is 6.76. The normalized spacial score (nSPS) is 11.9. The van der Waals surface area contributed by atoms with Crippen LogP contribution in [0, 0.1) is 0 Å². The summed E-state index contributed by atoms with van der Waals surface area (Å²) in [5.41, 5.74) is 2.53. The first kappa shape index (κ1) is 44.7. The maximum atomic E-state index is 14.6. The summed E-state index contributed by atoms with van der Waals surface area (Å²) in [4.78, 5) is 57.2. The van der Waals surface area contributed by atoms with Crippen molar-refractivity contribution in [3.63, 3.8) is 0 Å². The lowest BCUT2D eigenvalue weighted by atomic mass is 10.1. The number of pyridine rings is 1. The minimum Gasteiger partial charge on any atom is -0.372 e. The SMILES string of the molecule is CCN(CC)c1ccc(/N=C(/C(=O)Nc2cc(S(=O)(=O)N(C)C)ccc2Cl)c2nc3ccccc3c(=O)n2CCCCCCCCCc2ccncc2)c(NC(C)=O)c1. The van der Waals surface area contributed by atoms with Crippen molar-refractivity contribution in [2.24, 2.45) is 4.99 Å². The molecule has 312 valence electrons. The Kier molecular flexibility index (Phi) is 15.9. The first-order valence-corrected chi connectivity index (χ1v) is 21.8. The number of unbranched alkanes of at least 4 members (excludes halogenated alkanes) is 6. The Labute approximate surface area is 351 Å². The molecule has 0 aliphatic rings. The van der Waals surface area contributed by atoms with Crippen LogP contribution in [0.15, 0.2) is 99.9 Å². The first-order valence-electron chi connectivity index (χ1n) is 20.0. The van der Waals surface area contributed by atoms with Crippen molar-refractivity contribution in [1.29, 1.82) is 0 Å². The molecule has 15 heteroatoms. The average Bonchev–Trinajstić information content (AvgIpc) is 3.21. The standard InChI is InChI=1S/C44H53ClN8O5S/c1-6-52(7-2)33-20-23-38(40(29-33)47-31(3)54)48-41(43(55)50-39-30-34(21-22-36(39)45)59(57,58)51(4)5)42-49-37-19-15-14-18-35(37)44(56)53(42)28-16-12-10-8-9-11-13-17-32-24-26-46-27-25-32/h14-15,18-27,29-30H,6-13,16-17,28H2,1-5H3,(H,47,54)(H,50,55)/b48-41+. The van der Waals surface area contributed by atoms with Gasteiger partial charge in [0, 0.05) is 58.7 Å². The molecule has 5 aromatic rings. The van der Waals surface area contributed by atoms with Gasteiger partial charge in [-0.25, -0.2) is 22.7 Å². The number of amides is 2. The lowest BCUT2D eigenvalue weighted by Gasteiger charge is -2.22. The number of benzene rings is 3. The number of nitrogens with one attached hydrogen (secondary N) is 2. The maximum absolute atomic E-state index is 14.6. The number of carbonyl (C=O) groups is 2. The van der Waals surface area contributed by atoms with Gasteiger partial charge in [-0.1, -0.05) is 55.8 Å². The molecule has 59 heavy (non-hydrogen) atoms. The van der Waals surface area contributed by atoms with E-state index in [-0.39, 0.29) is 50.8 Å². The molecule has 0 unspecified atom stereocenters. The number of anilines is 3. The highest BCUT2D eigenvalue weighted by Gasteiger charge is 2.26. The lowest BCUT2D eigenvalue weighted by Crippen LogP contribution is -2.34. The lowest BCUT2D eigenvalue weighted by molar-refractivity contribution is -0.114. The molecular formula is C44H53ClN8O5S. The smallest absolute Gasteiger partial charge is 0.278 e. The fraction of sp³-hybridized carbons (Fsp3) is 0.364. The van der Waals surface area contributed by atoms with E-state index in [1.54, 1.807) is 36.4 Å². The number of hydrogen-bond acceptors (Lipinski definition) is 9. The van der Waals surface area contributed by atoms with E-state index in [0.717, 1.165) is 68.0 Å². The van der Waals surface area contributed by atoms with Crippen molar-refractivity contribution in [1.82, 2.24) is 18.8 Å². The first-order chi connectivity index (χ1) is 28.3. The molecule has 0 aliphatic carbocycles. The number of nitrogens with zero attached hydrogens (tertiary/aromatic N) is 6. The molecule has 2 amide bonds. The summed E-state index contributed by atoms with van der Waals surface area (Å²) in [6.45, 7) is 7.13. The summed E-state index contributed by atoms with van der Waals surface area (Å²) in [6.07, 6.45) is 11.5. The Morgan fingerprint density at radius 2 is 1.51 bits per heavy atom. The van der Waals surface area contributed by atoms with Gasteiger partial charge in [-0.05, 0) is 99.3 Å². The third-order valence-corrected chi connectivity index (χ3v) is 12.1. The molecular weight excluding hydrogens is 788 g/mol. The molecule has 0 aliphatic heterocycles. The number of halogens is 1. The molecule has 2 N–H and O–H groups in total. The van der Waals surface area contributed by atoms with Crippen molar-refractivity contribution in [2.45, 2.75) is 83.6 Å². The number of carbonyl (C=O) groups excluding carboxylic acids is 2. The molecule has 0 radical (unpaired) electrons. The van der Waals surface area contributed by atoms with Gasteiger partial charge in [0.1, 0.15) is 0 Å². The van der Waals surface area contributed by atoms with Crippen LogP contribution in [0.2, 0.25) is 5.02 Å². The molecule has 3 aromatic carbocycles. The Balaban J connectivity index is 1.53. The van der Waals surface area contributed by atoms with Crippen LogP contribution in [-0.4, -0.2) is 72.0 Å². The van der Waals surface area contributed by atoms with E-state index in [1.807, 2.05) is 44.4 Å². The maximum Gasteiger partial charge on any atom is 0.278 e. The second-order valence-electron chi connectivity index (χ2n) is 14.4. The quantitative estimate of drug-likeness (QED) is 0.0586. The Hall–Kier alpha value is -5.44. The van der Waals surface area contributed by atoms with Gasteiger partial charge in [-0.15, -0.1) is 0 Å². The van der Waals surface area contributed by atoms with Gasteiger partial charge in [0.2, 0.25) is 15.9 Å². The van der Waals surface area contributed by atoms with E-state index in [1.165, 1.54) is 49.3 Å². The van der Waals surface area contributed by atoms with Crippen molar-refractivity contribution < 1.29 is 18.0 Å². The van der Waals surface area contributed by atoms with Crippen LogP contribution in [0.4, 0.5) is 22.7 Å². The molecule has 0 bridgehead atoms. The summed E-state index contributed by atoms with van der Waals surface area (Å²) in [5, 5.41) is 6.07. The van der Waals surface area contributed by atoms with E-state index in [4.69, 9.17) is 21.6 Å². The van der Waals surface area contributed by atoms with Gasteiger partial charge in [0.05, 0.1) is 37.9 Å². The van der Waals surface area contributed by atoms with Crippen LogP contribution in [0.25, 0.3) is 10.9 Å². The van der Waals surface area contributed by atoms with Crippen LogP contribution in [0.3, 0.4) is 0 Å². The number of hydrogen-bond donors (Lipinski definition) is 2. The van der Waals surface area contributed by atoms with Gasteiger partial charge in [0.15, 0.2) is 11.5 Å². The number of para-hydroxylation sites is 1. The van der Waals surface area contributed by atoms with Crippen LogP contribution >= 0.6 is 11.6 Å². The molecule has 2 heterocycles. The molecule has 13 nitrogen and oxygen atoms in total. The van der Waals surface area contributed by atoms with Gasteiger partial charge >= 0.3 is 0 Å². The Morgan fingerprint density at radius 3 is 2.19 bits per heavy atom. The predicted molar refractivity (Wildman–Crippen MR) is 238 cm³/mol. The van der Waals surface area contributed by atoms with Crippen LogP contribution in [-0.2, 0) is 32.6 Å². The average molecular weight is 841 g/mol. The molecule has 5 rings (SSSR count). The monoisotopic (exact) mass is 840 g/mol. The molecule has 0 spiro atoms. The van der Waals surface area contributed by atoms with Gasteiger partial charge in [0.25, 0.3) is 11.5 Å². The number of aryl methyl sites for hydroxylation is 1. The van der Waals surface area contributed by atoms with Crippen molar-refractivity contribution in [3.05, 3.63) is 112 Å². The minimum atomic E-state index is -3.89. The summed E-state index contributed by atoms with van der Waals surface area (Å²) in [5.74, 6) is -1.13. The topological polar surface area (TPSA) is 159 Å². The van der Waals surface area contributed by atoms with Crippen LogP contribution < -0.4 is 21.1 Å². The summed E-state index contributed by atoms with van der Waals surface area (Å²) in [7, 11) is -1.08. The van der Waals surface area contributed by atoms with E-state index >= 15 is 0 Å². The molecule has 0 saturated carbocycles. The third kappa shape index (κ3) is 11.6. The van der Waals surface area contributed by atoms with E-state index in [9.17, 15) is 22.8 Å². The van der Waals surface area contributed by atoms with Gasteiger partial charge in [-0.2, -0.15) is 0 Å². The van der Waals surface area contributed by atoms with Crippen LogP contribution in [0.5, 0.6) is 0 Å². The zero-order chi connectivity index (χ0) is 42.5. The molecule has 2 aromatic heterocycles. The number of sulfonamides is 1. The number of aromatic nitrogens is 3. The molecule has 0 atom stereocenters. The fourth-order valence-corrected chi connectivity index (χ4v) is 7.85. The highest BCUT2D eigenvalue weighted by molar-refractivity contribution is 7.89. The zero-order valence-corrected chi connectivity index (χ0v) is 35.9. The van der Waals surface area contributed by atoms with E-state index < -0.39 is 15.9 Å². The number of aliphatic imine (C=N–C) groups is 1. The largest absolute Gasteiger partial charge is 0.372 e. The van der Waals surface area contributed by atoms with E-state index in [0.29, 0.717) is 23.0 Å². The zero-order valence-electron chi connectivity index (χ0n) is 34.4. The van der Waals surface area contributed by atoms with E-state index in [2.05, 4.69) is 20.5 Å². The summed E-state index contributed by atoms with van der Waals surface area (Å²) in [6, 6.07) is 20.4. The summed E-state index contributed by atoms with van der Waals surface area (Å²) < 4.78 is 28.6. The van der Waals surface area contributed by atoms with Crippen LogP contribution in [0.1, 0.15) is 77.1 Å². The predicted octanol–water partition coefficient (Wildman–Crippen LogP) is 8.23. The second kappa shape index (κ2) is 21.0. The van der Waals surface area contributed by atoms with Gasteiger partial charge < -0.3 is 15.5 Å². The van der Waals surface area contributed by atoms with Gasteiger partial charge in [-0.3, -0.25) is 23.9 Å². The molecule has 0 fully saturated rings. The summed E-state index contributed by atoms with van der Waals surface area (Å²) >= 11 is 6.55. The number of fused-ring (bicyclic) bond motifs is 1. The third-order valence-electron chi connectivity index (χ3n) is 10.0. The number of rotatable bonds is 20.